The predicted molar refractivity (Wildman–Crippen MR) is 56.3 cm³/mol. The highest BCUT2D eigenvalue weighted by Crippen LogP contribution is 2.11. The number of nitrogens with zero attached hydrogens (tertiary/aromatic N) is 4. The summed E-state index contributed by atoms with van der Waals surface area (Å²) in [7, 11) is 0. The van der Waals surface area contributed by atoms with Gasteiger partial charge in [0.1, 0.15) is 11.6 Å². The molecular weight excluding hydrogens is 244 g/mol. The van der Waals surface area contributed by atoms with Crippen LogP contribution >= 0.6 is 15.9 Å². The SMILES string of the molecule is Cc1nc(C)n(-c2ccc(Br)cn2)n1. The third kappa shape index (κ3) is 1.68. The molecule has 0 amide bonds. The molecule has 0 fully saturated rings. The van der Waals surface area contributed by atoms with Crippen molar-refractivity contribution in [3.63, 3.8) is 0 Å². The fraction of sp³-hybridized carbons (Fsp3) is 0.222. The first kappa shape index (κ1) is 9.33. The predicted octanol–water partition coefficient (Wildman–Crippen LogP) is 2.04. The molecule has 2 aromatic heterocycles. The van der Waals surface area contributed by atoms with Crippen molar-refractivity contribution in [3.8, 4) is 5.82 Å². The molecule has 2 aromatic rings. The minimum atomic E-state index is 0.757. The van der Waals surface area contributed by atoms with E-state index in [-0.39, 0.29) is 0 Å². The molecule has 0 aliphatic carbocycles. The molecule has 72 valence electrons. The number of pyridine rings is 1. The second kappa shape index (κ2) is 3.49. The van der Waals surface area contributed by atoms with Crippen LogP contribution in [0.1, 0.15) is 11.6 Å². The Morgan fingerprint density at radius 1 is 1.29 bits per heavy atom. The van der Waals surface area contributed by atoms with Crippen LogP contribution in [-0.4, -0.2) is 19.7 Å². The summed E-state index contributed by atoms with van der Waals surface area (Å²) in [6.45, 7) is 3.77. The second-order valence-corrected chi connectivity index (χ2v) is 3.87. The Morgan fingerprint density at radius 3 is 2.57 bits per heavy atom. The largest absolute Gasteiger partial charge is 0.236 e. The van der Waals surface area contributed by atoms with Gasteiger partial charge in [-0.25, -0.2) is 9.97 Å². The van der Waals surface area contributed by atoms with Crippen LogP contribution in [0.25, 0.3) is 5.82 Å². The number of hydrogen-bond acceptors (Lipinski definition) is 3. The first-order chi connectivity index (χ1) is 6.66. The van der Waals surface area contributed by atoms with Crippen molar-refractivity contribution in [2.75, 3.05) is 0 Å². The summed E-state index contributed by atoms with van der Waals surface area (Å²) in [5.41, 5.74) is 0. The van der Waals surface area contributed by atoms with Gasteiger partial charge in [0.2, 0.25) is 0 Å². The average molecular weight is 253 g/mol. The lowest BCUT2D eigenvalue weighted by Gasteiger charge is -2.00. The van der Waals surface area contributed by atoms with Crippen LogP contribution in [0.5, 0.6) is 0 Å². The Bertz CT molecular complexity index is 446. The molecule has 0 aliphatic rings. The maximum atomic E-state index is 4.24. The molecule has 2 rings (SSSR count). The van der Waals surface area contributed by atoms with E-state index in [2.05, 4.69) is 31.0 Å². The highest BCUT2D eigenvalue weighted by atomic mass is 79.9. The lowest BCUT2D eigenvalue weighted by molar-refractivity contribution is 0.803. The summed E-state index contributed by atoms with van der Waals surface area (Å²) >= 11 is 3.33. The zero-order valence-corrected chi connectivity index (χ0v) is 9.48. The number of aromatic nitrogens is 4. The molecule has 4 nitrogen and oxygen atoms in total. The van der Waals surface area contributed by atoms with Gasteiger partial charge in [0.15, 0.2) is 5.82 Å². The number of hydrogen-bond donors (Lipinski definition) is 0. The van der Waals surface area contributed by atoms with Crippen LogP contribution < -0.4 is 0 Å². The van der Waals surface area contributed by atoms with E-state index in [9.17, 15) is 0 Å². The van der Waals surface area contributed by atoms with Crippen molar-refractivity contribution >= 4 is 15.9 Å². The standard InChI is InChI=1S/C9H9BrN4/c1-6-12-7(2)14(13-6)9-4-3-8(10)5-11-9/h3-5H,1-2H3. The molecule has 0 bridgehead atoms. The Hall–Kier alpha value is -1.23. The van der Waals surface area contributed by atoms with Crippen molar-refractivity contribution < 1.29 is 0 Å². The molecule has 2 heterocycles. The topological polar surface area (TPSA) is 43.6 Å². The van der Waals surface area contributed by atoms with Gasteiger partial charge in [-0.15, -0.1) is 5.10 Å². The van der Waals surface area contributed by atoms with E-state index in [0.29, 0.717) is 0 Å². The Morgan fingerprint density at radius 2 is 2.07 bits per heavy atom. The van der Waals surface area contributed by atoms with Gasteiger partial charge in [0.05, 0.1) is 0 Å². The molecule has 0 spiro atoms. The number of halogens is 1. The van der Waals surface area contributed by atoms with Crippen LogP contribution in [0, 0.1) is 13.8 Å². The van der Waals surface area contributed by atoms with Gasteiger partial charge in [0.25, 0.3) is 0 Å². The summed E-state index contributed by atoms with van der Waals surface area (Å²) in [5.74, 6) is 2.39. The molecular formula is C9H9BrN4. The van der Waals surface area contributed by atoms with Crippen molar-refractivity contribution in [2.45, 2.75) is 13.8 Å². The summed E-state index contributed by atoms with van der Waals surface area (Å²) in [6, 6.07) is 3.82. The van der Waals surface area contributed by atoms with Crippen LogP contribution in [-0.2, 0) is 0 Å². The highest BCUT2D eigenvalue weighted by molar-refractivity contribution is 9.10. The zero-order chi connectivity index (χ0) is 10.1. The third-order valence-corrected chi connectivity index (χ3v) is 2.27. The Labute approximate surface area is 90.1 Å². The summed E-state index contributed by atoms with van der Waals surface area (Å²) in [5, 5.41) is 4.24. The summed E-state index contributed by atoms with van der Waals surface area (Å²) < 4.78 is 2.68. The molecule has 0 N–H and O–H groups in total. The normalized spacial score (nSPS) is 10.5. The van der Waals surface area contributed by atoms with Crippen molar-refractivity contribution in [2.24, 2.45) is 0 Å². The molecule has 0 radical (unpaired) electrons. The van der Waals surface area contributed by atoms with E-state index in [4.69, 9.17) is 0 Å². The van der Waals surface area contributed by atoms with E-state index >= 15 is 0 Å². The average Bonchev–Trinajstić information content (AvgIpc) is 2.47. The van der Waals surface area contributed by atoms with Gasteiger partial charge in [-0.3, -0.25) is 0 Å². The first-order valence-corrected chi connectivity index (χ1v) is 4.98. The van der Waals surface area contributed by atoms with E-state index in [1.807, 2.05) is 26.0 Å². The maximum absolute atomic E-state index is 4.24. The van der Waals surface area contributed by atoms with Crippen molar-refractivity contribution in [1.82, 2.24) is 19.7 Å². The van der Waals surface area contributed by atoms with E-state index in [1.165, 1.54) is 0 Å². The van der Waals surface area contributed by atoms with Gasteiger partial charge >= 0.3 is 0 Å². The van der Waals surface area contributed by atoms with Gasteiger partial charge in [-0.05, 0) is 41.9 Å². The van der Waals surface area contributed by atoms with Gasteiger partial charge in [-0.2, -0.15) is 4.68 Å². The highest BCUT2D eigenvalue weighted by Gasteiger charge is 2.05. The van der Waals surface area contributed by atoms with E-state index < -0.39 is 0 Å². The monoisotopic (exact) mass is 252 g/mol. The lowest BCUT2D eigenvalue weighted by Crippen LogP contribution is -2.01. The maximum Gasteiger partial charge on any atom is 0.155 e. The minimum Gasteiger partial charge on any atom is -0.236 e. The van der Waals surface area contributed by atoms with Gasteiger partial charge in [0, 0.05) is 10.7 Å². The van der Waals surface area contributed by atoms with Crippen LogP contribution in [0.2, 0.25) is 0 Å². The molecule has 0 aromatic carbocycles. The molecule has 0 unspecified atom stereocenters. The van der Waals surface area contributed by atoms with Crippen LogP contribution in [0.3, 0.4) is 0 Å². The lowest BCUT2D eigenvalue weighted by atomic mass is 10.4. The molecule has 0 aliphatic heterocycles. The number of aryl methyl sites for hydroxylation is 2. The van der Waals surface area contributed by atoms with E-state index in [1.54, 1.807) is 10.9 Å². The zero-order valence-electron chi connectivity index (χ0n) is 7.90. The third-order valence-electron chi connectivity index (χ3n) is 1.80. The summed E-state index contributed by atoms with van der Waals surface area (Å²) in [6.07, 6.45) is 1.74. The van der Waals surface area contributed by atoms with Crippen molar-refractivity contribution in [1.29, 1.82) is 0 Å². The summed E-state index contributed by atoms with van der Waals surface area (Å²) in [4.78, 5) is 8.45. The van der Waals surface area contributed by atoms with Gasteiger partial charge in [-0.1, -0.05) is 0 Å². The van der Waals surface area contributed by atoms with E-state index in [0.717, 1.165) is 21.9 Å². The second-order valence-electron chi connectivity index (χ2n) is 2.95. The smallest absolute Gasteiger partial charge is 0.155 e. The molecule has 0 saturated heterocycles. The minimum absolute atomic E-state index is 0.757. The van der Waals surface area contributed by atoms with Crippen LogP contribution in [0.4, 0.5) is 0 Å². The van der Waals surface area contributed by atoms with Crippen molar-refractivity contribution in [3.05, 3.63) is 34.5 Å². The van der Waals surface area contributed by atoms with Gasteiger partial charge < -0.3 is 0 Å². The Kier molecular flexibility index (Phi) is 2.33. The molecule has 0 atom stereocenters. The Balaban J connectivity index is 2.49. The molecule has 5 heteroatoms. The first-order valence-electron chi connectivity index (χ1n) is 4.19. The molecule has 0 saturated carbocycles. The fourth-order valence-electron chi connectivity index (χ4n) is 1.23. The fourth-order valence-corrected chi connectivity index (χ4v) is 1.47. The number of rotatable bonds is 1. The molecule has 14 heavy (non-hydrogen) atoms. The quantitative estimate of drug-likeness (QED) is 0.781. The van der Waals surface area contributed by atoms with Crippen LogP contribution in [0.15, 0.2) is 22.8 Å².